The van der Waals surface area contributed by atoms with Crippen molar-refractivity contribution in [2.24, 2.45) is 0 Å². The summed E-state index contributed by atoms with van der Waals surface area (Å²) >= 11 is 0. The van der Waals surface area contributed by atoms with E-state index in [-0.39, 0.29) is 23.6 Å². The van der Waals surface area contributed by atoms with Crippen molar-refractivity contribution in [2.45, 2.75) is 38.6 Å². The summed E-state index contributed by atoms with van der Waals surface area (Å²) in [5.41, 5.74) is 1.92. The quantitative estimate of drug-likeness (QED) is 0.665. The van der Waals surface area contributed by atoms with Crippen LogP contribution in [0.2, 0.25) is 0 Å². The number of benzene rings is 2. The molecule has 0 aliphatic carbocycles. The Bertz CT molecular complexity index is 954. The van der Waals surface area contributed by atoms with E-state index in [4.69, 9.17) is 4.74 Å². The lowest BCUT2D eigenvalue weighted by molar-refractivity contribution is -0.119. The molecule has 2 aromatic rings. The fourth-order valence-electron chi connectivity index (χ4n) is 2.78. The minimum absolute atomic E-state index is 0.00221. The molecule has 8 heteroatoms. The summed E-state index contributed by atoms with van der Waals surface area (Å²) in [6.45, 7) is 7.18. The van der Waals surface area contributed by atoms with Crippen LogP contribution in [0.1, 0.15) is 36.7 Å². The van der Waals surface area contributed by atoms with Gasteiger partial charge < -0.3 is 10.1 Å². The molecule has 0 unspecified atom stereocenters. The Morgan fingerprint density at radius 1 is 1.03 bits per heavy atom. The SMILES string of the molecule is CCOC(=O)c1ccc(S(=O)(=O)N(CC)[C@H](C)C(=O)Nc2ccc(C)cc2)cc1. The maximum absolute atomic E-state index is 13.0. The Balaban J connectivity index is 2.20. The summed E-state index contributed by atoms with van der Waals surface area (Å²) in [6.07, 6.45) is 0. The smallest absolute Gasteiger partial charge is 0.338 e. The van der Waals surface area contributed by atoms with Gasteiger partial charge in [-0.15, -0.1) is 0 Å². The first-order chi connectivity index (χ1) is 13.7. The Kier molecular flexibility index (Phi) is 7.53. The van der Waals surface area contributed by atoms with Crippen LogP contribution in [0.4, 0.5) is 5.69 Å². The van der Waals surface area contributed by atoms with Gasteiger partial charge in [0.05, 0.1) is 17.1 Å². The summed E-state index contributed by atoms with van der Waals surface area (Å²) < 4.78 is 32.1. The van der Waals surface area contributed by atoms with Gasteiger partial charge in [-0.05, 0) is 57.2 Å². The van der Waals surface area contributed by atoms with Gasteiger partial charge in [0.2, 0.25) is 15.9 Å². The first kappa shape index (κ1) is 22.6. The van der Waals surface area contributed by atoms with E-state index in [2.05, 4.69) is 5.32 Å². The molecule has 29 heavy (non-hydrogen) atoms. The molecule has 0 aliphatic heterocycles. The summed E-state index contributed by atoms with van der Waals surface area (Å²) in [4.78, 5) is 24.4. The third-order valence-corrected chi connectivity index (χ3v) is 6.47. The molecule has 0 aliphatic rings. The molecule has 1 N–H and O–H groups in total. The fraction of sp³-hybridized carbons (Fsp3) is 0.333. The van der Waals surface area contributed by atoms with Crippen molar-refractivity contribution in [3.8, 4) is 0 Å². The molecule has 0 spiro atoms. The number of likely N-dealkylation sites (N-methyl/N-ethyl adjacent to an activating group) is 1. The van der Waals surface area contributed by atoms with Gasteiger partial charge in [0, 0.05) is 12.2 Å². The molecule has 2 rings (SSSR count). The van der Waals surface area contributed by atoms with Crippen LogP contribution in [0.25, 0.3) is 0 Å². The van der Waals surface area contributed by atoms with E-state index in [0.717, 1.165) is 9.87 Å². The van der Waals surface area contributed by atoms with Gasteiger partial charge in [-0.25, -0.2) is 13.2 Å². The van der Waals surface area contributed by atoms with E-state index >= 15 is 0 Å². The largest absolute Gasteiger partial charge is 0.462 e. The summed E-state index contributed by atoms with van der Waals surface area (Å²) in [7, 11) is -3.93. The van der Waals surface area contributed by atoms with Crippen molar-refractivity contribution in [1.82, 2.24) is 4.31 Å². The zero-order valence-electron chi connectivity index (χ0n) is 17.0. The molecular weight excluding hydrogens is 392 g/mol. The minimum Gasteiger partial charge on any atom is -0.462 e. The van der Waals surface area contributed by atoms with Crippen molar-refractivity contribution < 1.29 is 22.7 Å². The van der Waals surface area contributed by atoms with Gasteiger partial charge in [-0.1, -0.05) is 24.6 Å². The monoisotopic (exact) mass is 418 g/mol. The number of aryl methyl sites for hydroxylation is 1. The average Bonchev–Trinajstić information content (AvgIpc) is 2.70. The first-order valence-electron chi connectivity index (χ1n) is 9.37. The number of hydrogen-bond acceptors (Lipinski definition) is 5. The number of amides is 1. The molecule has 2 aromatic carbocycles. The predicted octanol–water partition coefficient (Wildman–Crippen LogP) is 3.21. The predicted molar refractivity (Wildman–Crippen MR) is 111 cm³/mol. The van der Waals surface area contributed by atoms with Crippen LogP contribution in [-0.2, 0) is 19.6 Å². The summed E-state index contributed by atoms with van der Waals surface area (Å²) in [6, 6.07) is 11.8. The summed E-state index contributed by atoms with van der Waals surface area (Å²) in [5.74, 6) is -0.947. The second-order valence-corrected chi connectivity index (χ2v) is 8.38. The van der Waals surface area contributed by atoms with Crippen LogP contribution in [0.3, 0.4) is 0 Å². The lowest BCUT2D eigenvalue weighted by Gasteiger charge is -2.26. The first-order valence-corrected chi connectivity index (χ1v) is 10.8. The Hall–Kier alpha value is -2.71. The van der Waals surface area contributed by atoms with E-state index < -0.39 is 27.9 Å². The van der Waals surface area contributed by atoms with Crippen LogP contribution in [0.5, 0.6) is 0 Å². The zero-order chi connectivity index (χ0) is 21.6. The molecule has 0 fully saturated rings. The number of rotatable bonds is 8. The molecule has 0 saturated carbocycles. The third-order valence-electron chi connectivity index (χ3n) is 4.41. The number of carbonyl (C=O) groups excluding carboxylic acids is 2. The molecule has 156 valence electrons. The van der Waals surface area contributed by atoms with Crippen molar-refractivity contribution in [3.05, 3.63) is 59.7 Å². The molecule has 1 amide bonds. The normalized spacial score (nSPS) is 12.4. The number of nitrogens with one attached hydrogen (secondary N) is 1. The minimum atomic E-state index is -3.93. The van der Waals surface area contributed by atoms with Crippen LogP contribution in [-0.4, -0.2) is 43.8 Å². The highest BCUT2D eigenvalue weighted by Crippen LogP contribution is 2.20. The number of carbonyl (C=O) groups is 2. The fourth-order valence-corrected chi connectivity index (χ4v) is 4.38. The molecule has 1 atom stereocenters. The lowest BCUT2D eigenvalue weighted by atomic mass is 10.2. The number of ether oxygens (including phenoxy) is 1. The molecule has 0 aromatic heterocycles. The van der Waals surface area contributed by atoms with Crippen molar-refractivity contribution in [2.75, 3.05) is 18.5 Å². The van der Waals surface area contributed by atoms with Crippen LogP contribution in [0, 0.1) is 6.92 Å². The number of hydrogen-bond donors (Lipinski definition) is 1. The van der Waals surface area contributed by atoms with Gasteiger partial charge in [0.15, 0.2) is 0 Å². The van der Waals surface area contributed by atoms with Crippen LogP contribution in [0.15, 0.2) is 53.4 Å². The van der Waals surface area contributed by atoms with Crippen LogP contribution < -0.4 is 5.32 Å². The molecule has 0 bridgehead atoms. The highest BCUT2D eigenvalue weighted by atomic mass is 32.2. The molecular formula is C21H26N2O5S. The number of nitrogens with zero attached hydrogens (tertiary/aromatic N) is 1. The van der Waals surface area contributed by atoms with Crippen molar-refractivity contribution >= 4 is 27.6 Å². The number of sulfonamides is 1. The second-order valence-electron chi connectivity index (χ2n) is 6.48. The number of esters is 1. The summed E-state index contributed by atoms with van der Waals surface area (Å²) in [5, 5.41) is 2.74. The lowest BCUT2D eigenvalue weighted by Crippen LogP contribution is -2.45. The molecule has 0 saturated heterocycles. The van der Waals surface area contributed by atoms with E-state index in [1.807, 2.05) is 19.1 Å². The maximum atomic E-state index is 13.0. The van der Waals surface area contributed by atoms with E-state index in [1.54, 1.807) is 26.0 Å². The average molecular weight is 419 g/mol. The van der Waals surface area contributed by atoms with Crippen LogP contribution >= 0.6 is 0 Å². The topological polar surface area (TPSA) is 92.8 Å². The van der Waals surface area contributed by atoms with Gasteiger partial charge in [-0.3, -0.25) is 4.79 Å². The van der Waals surface area contributed by atoms with E-state index in [1.165, 1.54) is 31.2 Å². The van der Waals surface area contributed by atoms with Gasteiger partial charge >= 0.3 is 5.97 Å². The zero-order valence-corrected chi connectivity index (χ0v) is 17.8. The third kappa shape index (κ3) is 5.42. The Morgan fingerprint density at radius 3 is 2.14 bits per heavy atom. The molecule has 0 heterocycles. The van der Waals surface area contributed by atoms with Gasteiger partial charge in [-0.2, -0.15) is 4.31 Å². The second kappa shape index (κ2) is 9.67. The highest BCUT2D eigenvalue weighted by molar-refractivity contribution is 7.89. The van der Waals surface area contributed by atoms with Gasteiger partial charge in [0.25, 0.3) is 0 Å². The van der Waals surface area contributed by atoms with E-state index in [9.17, 15) is 18.0 Å². The molecule has 7 nitrogen and oxygen atoms in total. The van der Waals surface area contributed by atoms with E-state index in [0.29, 0.717) is 5.69 Å². The number of anilines is 1. The Morgan fingerprint density at radius 2 is 1.62 bits per heavy atom. The molecule has 0 radical (unpaired) electrons. The Labute approximate surface area is 171 Å². The maximum Gasteiger partial charge on any atom is 0.338 e. The van der Waals surface area contributed by atoms with Crippen molar-refractivity contribution in [1.29, 1.82) is 0 Å². The standard InChI is InChI=1S/C21H26N2O5S/c1-5-23(16(4)20(24)22-18-11-7-15(3)8-12-18)29(26,27)19-13-9-17(10-14-19)21(25)28-6-2/h7-14,16H,5-6H2,1-4H3,(H,22,24)/t16-/m1/s1. The van der Waals surface area contributed by atoms with Crippen molar-refractivity contribution in [3.63, 3.8) is 0 Å². The van der Waals surface area contributed by atoms with Gasteiger partial charge in [0.1, 0.15) is 6.04 Å². The highest BCUT2D eigenvalue weighted by Gasteiger charge is 2.32.